The molecule has 4 rings (SSSR count). The Morgan fingerprint density at radius 2 is 1.81 bits per heavy atom. The van der Waals surface area contributed by atoms with Crippen molar-refractivity contribution in [1.82, 2.24) is 19.9 Å². The lowest BCUT2D eigenvalue weighted by Gasteiger charge is -2.35. The van der Waals surface area contributed by atoms with Crippen molar-refractivity contribution >= 4 is 39.7 Å². The van der Waals surface area contributed by atoms with Crippen molar-refractivity contribution in [2.24, 2.45) is 0 Å². The van der Waals surface area contributed by atoms with Crippen LogP contribution in [0.3, 0.4) is 0 Å². The first kappa shape index (κ1) is 26.5. The van der Waals surface area contributed by atoms with Gasteiger partial charge >= 0.3 is 6.18 Å². The van der Waals surface area contributed by atoms with Gasteiger partial charge in [0, 0.05) is 55.4 Å². The molecule has 1 aliphatic heterocycles. The number of carbonyl (C=O) groups is 2. The number of alkyl halides is 3. The summed E-state index contributed by atoms with van der Waals surface area (Å²) in [6, 6.07) is 6.33. The Balaban J connectivity index is 1.34. The van der Waals surface area contributed by atoms with Crippen LogP contribution in [0.15, 0.2) is 42.9 Å². The number of aliphatic hydroxyl groups is 1. The van der Waals surface area contributed by atoms with Gasteiger partial charge in [0.15, 0.2) is 10.9 Å². The predicted molar refractivity (Wildman–Crippen MR) is 132 cm³/mol. The van der Waals surface area contributed by atoms with E-state index in [4.69, 9.17) is 5.11 Å². The Kier molecular flexibility index (Phi) is 8.03. The molecule has 0 spiro atoms. The predicted octanol–water partition coefficient (Wildman–Crippen LogP) is 3.71. The van der Waals surface area contributed by atoms with Crippen LogP contribution in [-0.2, 0) is 11.0 Å². The standard InChI is InChI=1S/C24H25F3N6O3S/c1-15(20-12-28-23(37-20)31-17-4-2-16(3-5-17)24(25,26)27)10-19(35)18-11-21(30-14-29-18)32-6-8-33(9-7-32)22(36)13-34/h2-5,11-12,14-15,34H,6-10,13H2,1H3,(H,28,31). The van der Waals surface area contributed by atoms with Gasteiger partial charge in [-0.2, -0.15) is 13.2 Å². The molecule has 2 aromatic heterocycles. The summed E-state index contributed by atoms with van der Waals surface area (Å²) < 4.78 is 38.2. The molecule has 1 unspecified atom stereocenters. The third-order valence-electron chi connectivity index (χ3n) is 5.99. The Morgan fingerprint density at radius 3 is 2.46 bits per heavy atom. The van der Waals surface area contributed by atoms with E-state index in [1.165, 1.54) is 29.8 Å². The molecule has 1 aliphatic rings. The zero-order chi connectivity index (χ0) is 26.6. The smallest absolute Gasteiger partial charge is 0.387 e. The molecule has 9 nitrogen and oxygen atoms in total. The normalized spacial score (nSPS) is 14.9. The molecule has 0 radical (unpaired) electrons. The minimum absolute atomic E-state index is 0.153. The summed E-state index contributed by atoms with van der Waals surface area (Å²) in [4.78, 5) is 41.7. The van der Waals surface area contributed by atoms with E-state index >= 15 is 0 Å². The van der Waals surface area contributed by atoms with E-state index < -0.39 is 18.3 Å². The number of piperazine rings is 1. The SMILES string of the molecule is CC(CC(=O)c1cc(N2CCN(C(=O)CO)CC2)ncn1)c1cnc(Nc2ccc(C(F)(F)F)cc2)s1. The van der Waals surface area contributed by atoms with Crippen LogP contribution in [0, 0.1) is 0 Å². The monoisotopic (exact) mass is 534 g/mol. The van der Waals surface area contributed by atoms with Gasteiger partial charge in [-0.25, -0.2) is 15.0 Å². The van der Waals surface area contributed by atoms with Crippen LogP contribution in [0.4, 0.5) is 29.8 Å². The zero-order valence-electron chi connectivity index (χ0n) is 19.9. The highest BCUT2D eigenvalue weighted by Crippen LogP contribution is 2.33. The van der Waals surface area contributed by atoms with E-state index in [1.54, 1.807) is 17.2 Å². The first-order valence-electron chi connectivity index (χ1n) is 11.5. The van der Waals surface area contributed by atoms with Gasteiger partial charge in [0.2, 0.25) is 5.91 Å². The number of Topliss-reactive ketones (excluding diaryl/α,β-unsaturated/α-hetero) is 1. The first-order valence-corrected chi connectivity index (χ1v) is 12.3. The number of anilines is 3. The molecular weight excluding hydrogens is 509 g/mol. The molecule has 1 amide bonds. The summed E-state index contributed by atoms with van der Waals surface area (Å²) in [5, 5.41) is 12.5. The lowest BCUT2D eigenvalue weighted by Crippen LogP contribution is -2.49. The second-order valence-corrected chi connectivity index (χ2v) is 9.65. The number of ketones is 1. The maximum absolute atomic E-state index is 12.9. The Morgan fingerprint density at radius 1 is 1.11 bits per heavy atom. The number of aliphatic hydroxyl groups excluding tert-OH is 1. The number of halogens is 3. The number of benzene rings is 1. The fourth-order valence-electron chi connectivity index (χ4n) is 3.88. The van der Waals surface area contributed by atoms with Crippen LogP contribution in [0.5, 0.6) is 0 Å². The summed E-state index contributed by atoms with van der Waals surface area (Å²) in [6.07, 6.45) is -1.21. The van der Waals surface area contributed by atoms with E-state index in [0.29, 0.717) is 48.5 Å². The maximum Gasteiger partial charge on any atom is 0.416 e. The second-order valence-electron chi connectivity index (χ2n) is 8.58. The molecule has 13 heteroatoms. The molecule has 3 heterocycles. The van der Waals surface area contributed by atoms with Gasteiger partial charge in [0.25, 0.3) is 0 Å². The van der Waals surface area contributed by atoms with Crippen molar-refractivity contribution in [3.63, 3.8) is 0 Å². The Hall–Kier alpha value is -3.58. The molecule has 1 atom stereocenters. The van der Waals surface area contributed by atoms with E-state index in [0.717, 1.165) is 17.0 Å². The highest BCUT2D eigenvalue weighted by atomic mass is 32.1. The van der Waals surface area contributed by atoms with Crippen LogP contribution in [-0.4, -0.2) is 69.4 Å². The summed E-state index contributed by atoms with van der Waals surface area (Å²) in [5.74, 6) is -0.0219. The van der Waals surface area contributed by atoms with Crippen molar-refractivity contribution < 1.29 is 27.9 Å². The lowest BCUT2D eigenvalue weighted by atomic mass is 10.0. The highest BCUT2D eigenvalue weighted by molar-refractivity contribution is 7.15. The van der Waals surface area contributed by atoms with Crippen LogP contribution in [0.1, 0.15) is 40.2 Å². The van der Waals surface area contributed by atoms with Crippen molar-refractivity contribution in [3.05, 3.63) is 59.0 Å². The van der Waals surface area contributed by atoms with Gasteiger partial charge in [-0.1, -0.05) is 6.92 Å². The minimum Gasteiger partial charge on any atom is -0.387 e. The number of hydrogen-bond acceptors (Lipinski definition) is 9. The van der Waals surface area contributed by atoms with E-state index in [9.17, 15) is 22.8 Å². The van der Waals surface area contributed by atoms with Gasteiger partial charge in [-0.05, 0) is 30.2 Å². The number of nitrogens with one attached hydrogen (secondary N) is 1. The quantitative estimate of drug-likeness (QED) is 0.421. The highest BCUT2D eigenvalue weighted by Gasteiger charge is 2.30. The molecule has 196 valence electrons. The van der Waals surface area contributed by atoms with Gasteiger partial charge in [0.05, 0.1) is 5.56 Å². The van der Waals surface area contributed by atoms with Crippen LogP contribution >= 0.6 is 11.3 Å². The van der Waals surface area contributed by atoms with E-state index in [-0.39, 0.29) is 24.0 Å². The van der Waals surface area contributed by atoms with E-state index in [2.05, 4.69) is 20.3 Å². The third kappa shape index (κ3) is 6.60. The summed E-state index contributed by atoms with van der Waals surface area (Å²) in [7, 11) is 0. The molecule has 37 heavy (non-hydrogen) atoms. The minimum atomic E-state index is -4.39. The van der Waals surface area contributed by atoms with Gasteiger partial charge < -0.3 is 20.2 Å². The van der Waals surface area contributed by atoms with Gasteiger partial charge in [-0.3, -0.25) is 9.59 Å². The molecule has 3 aromatic rings. The number of hydrogen-bond donors (Lipinski definition) is 2. The molecule has 1 fully saturated rings. The average Bonchev–Trinajstić information content (AvgIpc) is 3.37. The zero-order valence-corrected chi connectivity index (χ0v) is 20.7. The number of aromatic nitrogens is 3. The Bertz CT molecular complexity index is 1240. The third-order valence-corrected chi connectivity index (χ3v) is 7.14. The van der Waals surface area contributed by atoms with Crippen LogP contribution in [0.2, 0.25) is 0 Å². The van der Waals surface area contributed by atoms with Crippen LogP contribution < -0.4 is 10.2 Å². The number of rotatable bonds is 8. The topological polar surface area (TPSA) is 112 Å². The van der Waals surface area contributed by atoms with Gasteiger partial charge in [0.1, 0.15) is 24.4 Å². The number of amides is 1. The lowest BCUT2D eigenvalue weighted by molar-refractivity contribution is -0.137. The van der Waals surface area contributed by atoms with Crippen molar-refractivity contribution in [3.8, 4) is 0 Å². The Labute approximate surface area is 215 Å². The second kappa shape index (κ2) is 11.2. The summed E-state index contributed by atoms with van der Waals surface area (Å²) in [5.41, 5.74) is 0.0444. The fraction of sp³-hybridized carbons (Fsp3) is 0.375. The molecule has 0 bridgehead atoms. The average molecular weight is 535 g/mol. The number of thiazole rings is 1. The van der Waals surface area contributed by atoms with Crippen molar-refractivity contribution in [2.75, 3.05) is 43.0 Å². The van der Waals surface area contributed by atoms with Gasteiger partial charge in [-0.15, -0.1) is 11.3 Å². The fourth-order valence-corrected chi connectivity index (χ4v) is 4.77. The van der Waals surface area contributed by atoms with Crippen molar-refractivity contribution in [1.29, 1.82) is 0 Å². The van der Waals surface area contributed by atoms with Crippen molar-refractivity contribution in [2.45, 2.75) is 25.4 Å². The number of carbonyl (C=O) groups excluding carboxylic acids is 2. The molecular formula is C24H25F3N6O3S. The molecule has 1 aromatic carbocycles. The molecule has 0 saturated carbocycles. The maximum atomic E-state index is 12.9. The van der Waals surface area contributed by atoms with Crippen LogP contribution in [0.25, 0.3) is 0 Å². The van der Waals surface area contributed by atoms with E-state index in [1.807, 2.05) is 11.8 Å². The first-order chi connectivity index (χ1) is 17.6. The largest absolute Gasteiger partial charge is 0.416 e. The summed E-state index contributed by atoms with van der Waals surface area (Å²) in [6.45, 7) is 3.35. The number of nitrogens with zero attached hydrogens (tertiary/aromatic N) is 5. The molecule has 2 N–H and O–H groups in total. The molecule has 1 saturated heterocycles. The molecule has 0 aliphatic carbocycles. The summed E-state index contributed by atoms with van der Waals surface area (Å²) >= 11 is 1.33.